The first-order valence-electron chi connectivity index (χ1n) is 9.93. The third-order valence-electron chi connectivity index (χ3n) is 5.44. The van der Waals surface area contributed by atoms with Gasteiger partial charge in [0.1, 0.15) is 24.2 Å². The summed E-state index contributed by atoms with van der Waals surface area (Å²) in [5, 5.41) is 17.9. The van der Waals surface area contributed by atoms with Crippen molar-refractivity contribution in [2.45, 2.75) is 44.4 Å². The smallest absolute Gasteiger partial charge is 0.145 e. The van der Waals surface area contributed by atoms with Crippen molar-refractivity contribution in [3.8, 4) is 17.3 Å². The summed E-state index contributed by atoms with van der Waals surface area (Å²) >= 11 is 0. The second kappa shape index (κ2) is 11.5. The Morgan fingerprint density at radius 1 is 1.22 bits per heavy atom. The standard InChI is InChI=1S/C20H27N7OSi.3ClH/c1-29(2,3)9-8-28-15-26-7-4-17-18(23-14-24-19(17)26)16-10-25-27(11-16)20(5-6-21)12-22-13-20;;;/h4,7,10-11,14,22H,5,8-9,12-13,15H2,1-3H3;3*1H. The van der Waals surface area contributed by atoms with Crippen molar-refractivity contribution in [3.05, 3.63) is 31.0 Å². The summed E-state index contributed by atoms with van der Waals surface area (Å²) < 4.78 is 9.81. The highest BCUT2D eigenvalue weighted by Gasteiger charge is 2.39. The summed E-state index contributed by atoms with van der Waals surface area (Å²) in [7, 11) is -1.10. The van der Waals surface area contributed by atoms with Gasteiger partial charge in [-0.1, -0.05) is 19.6 Å². The fraction of sp³-hybridized carbons (Fsp3) is 0.500. The Bertz CT molecular complexity index is 1050. The molecule has 0 atom stereocenters. The van der Waals surface area contributed by atoms with Crippen molar-refractivity contribution in [2.24, 2.45) is 0 Å². The van der Waals surface area contributed by atoms with Crippen LogP contribution in [0.3, 0.4) is 0 Å². The summed E-state index contributed by atoms with van der Waals surface area (Å²) in [4.78, 5) is 8.98. The molecule has 1 saturated heterocycles. The Kier molecular flexibility index (Phi) is 10.2. The molecule has 1 N–H and O–H groups in total. The summed E-state index contributed by atoms with van der Waals surface area (Å²) in [6, 6.07) is 5.45. The van der Waals surface area contributed by atoms with Crippen LogP contribution in [0.5, 0.6) is 0 Å². The minimum atomic E-state index is -1.10. The SMILES string of the molecule is C[Si](C)(C)CCOCn1ccc2c(-c3cnn(C4(CC#N)CNC4)c3)ncnc21.Cl.Cl.Cl. The zero-order valence-corrected chi connectivity index (χ0v) is 21.9. The van der Waals surface area contributed by atoms with Gasteiger partial charge in [-0.15, -0.1) is 37.2 Å². The molecule has 1 fully saturated rings. The third kappa shape index (κ3) is 5.81. The monoisotopic (exact) mass is 517 g/mol. The number of hydrogen-bond donors (Lipinski definition) is 1. The van der Waals surface area contributed by atoms with Crippen LogP contribution in [-0.2, 0) is 17.0 Å². The Morgan fingerprint density at radius 3 is 2.59 bits per heavy atom. The average Bonchev–Trinajstić information content (AvgIpc) is 3.28. The van der Waals surface area contributed by atoms with Crippen LogP contribution in [-0.4, -0.2) is 52.1 Å². The molecule has 0 aromatic carbocycles. The summed E-state index contributed by atoms with van der Waals surface area (Å²) in [5.41, 5.74) is 2.38. The highest BCUT2D eigenvalue weighted by atomic mass is 35.5. The number of aromatic nitrogens is 5. The van der Waals surface area contributed by atoms with E-state index in [-0.39, 0.29) is 42.8 Å². The van der Waals surface area contributed by atoms with Crippen molar-refractivity contribution in [1.29, 1.82) is 5.26 Å². The zero-order chi connectivity index (χ0) is 20.5. The maximum Gasteiger partial charge on any atom is 0.145 e. The van der Waals surface area contributed by atoms with Crippen molar-refractivity contribution in [1.82, 2.24) is 29.6 Å². The Hall–Kier alpha value is -1.67. The molecule has 0 aliphatic carbocycles. The molecule has 1 aliphatic heterocycles. The molecule has 4 heterocycles. The quantitative estimate of drug-likeness (QED) is 0.357. The van der Waals surface area contributed by atoms with Gasteiger partial charge in [-0.05, 0) is 12.1 Å². The molecule has 1 aliphatic rings. The lowest BCUT2D eigenvalue weighted by Crippen LogP contribution is -2.60. The first-order valence-corrected chi connectivity index (χ1v) is 13.6. The van der Waals surface area contributed by atoms with Crippen molar-refractivity contribution in [3.63, 3.8) is 0 Å². The number of nitrogens with one attached hydrogen (secondary N) is 1. The van der Waals surface area contributed by atoms with E-state index in [1.54, 1.807) is 6.33 Å². The number of hydrogen-bond acceptors (Lipinski definition) is 6. The van der Waals surface area contributed by atoms with Gasteiger partial charge in [-0.2, -0.15) is 10.4 Å². The molecular weight excluding hydrogens is 489 g/mol. The second-order valence-corrected chi connectivity index (χ2v) is 14.6. The van der Waals surface area contributed by atoms with Gasteiger partial charge >= 0.3 is 0 Å². The minimum absolute atomic E-state index is 0. The topological polar surface area (TPSA) is 93.6 Å². The number of nitrogens with zero attached hydrogens (tertiary/aromatic N) is 6. The van der Waals surface area contributed by atoms with Crippen LogP contribution in [0.15, 0.2) is 31.0 Å². The summed E-state index contributed by atoms with van der Waals surface area (Å²) in [6.07, 6.45) is 7.83. The number of nitriles is 1. The van der Waals surface area contributed by atoms with Crippen LogP contribution in [0.25, 0.3) is 22.3 Å². The molecule has 3 aromatic heterocycles. The van der Waals surface area contributed by atoms with Crippen molar-refractivity contribution in [2.75, 3.05) is 19.7 Å². The van der Waals surface area contributed by atoms with E-state index in [2.05, 4.69) is 46.1 Å². The molecule has 0 radical (unpaired) electrons. The molecule has 0 saturated carbocycles. The average molecular weight is 519 g/mol. The number of fused-ring (bicyclic) bond motifs is 1. The van der Waals surface area contributed by atoms with Crippen LogP contribution < -0.4 is 5.32 Å². The molecule has 176 valence electrons. The molecular formula is C20H30Cl3N7OSi. The van der Waals surface area contributed by atoms with Crippen LogP contribution >= 0.6 is 37.2 Å². The maximum absolute atomic E-state index is 9.18. The molecule has 8 nitrogen and oxygen atoms in total. The molecule has 12 heteroatoms. The minimum Gasteiger partial charge on any atom is -0.361 e. The second-order valence-electron chi connectivity index (χ2n) is 8.93. The Labute approximate surface area is 208 Å². The van der Waals surface area contributed by atoms with E-state index in [0.29, 0.717) is 13.2 Å². The molecule has 0 bridgehead atoms. The van der Waals surface area contributed by atoms with E-state index in [0.717, 1.165) is 48.0 Å². The van der Waals surface area contributed by atoms with Crippen LogP contribution in [0.4, 0.5) is 0 Å². The molecule has 4 rings (SSSR count). The fourth-order valence-corrected chi connectivity index (χ4v) is 4.27. The third-order valence-corrected chi connectivity index (χ3v) is 7.15. The Balaban J connectivity index is 0.00000171. The molecule has 0 amide bonds. The summed E-state index contributed by atoms with van der Waals surface area (Å²) in [6.45, 7) is 9.82. The van der Waals surface area contributed by atoms with Gasteiger partial charge in [-0.25, -0.2) is 9.97 Å². The highest BCUT2D eigenvalue weighted by Crippen LogP contribution is 2.30. The lowest BCUT2D eigenvalue weighted by Gasteiger charge is -2.41. The molecule has 0 unspecified atom stereocenters. The summed E-state index contributed by atoms with van der Waals surface area (Å²) in [5.74, 6) is 0. The fourth-order valence-electron chi connectivity index (χ4n) is 3.51. The van der Waals surface area contributed by atoms with Crippen LogP contribution in [0.1, 0.15) is 6.42 Å². The maximum atomic E-state index is 9.18. The highest BCUT2D eigenvalue weighted by molar-refractivity contribution is 6.76. The van der Waals surface area contributed by atoms with Gasteiger partial charge in [0.15, 0.2) is 0 Å². The Morgan fingerprint density at radius 2 is 1.97 bits per heavy atom. The van der Waals surface area contributed by atoms with E-state index in [9.17, 15) is 5.26 Å². The van der Waals surface area contributed by atoms with Gasteiger partial charge < -0.3 is 14.6 Å². The number of rotatable bonds is 8. The first-order chi connectivity index (χ1) is 13.9. The van der Waals surface area contributed by atoms with Gasteiger partial charge in [0.2, 0.25) is 0 Å². The zero-order valence-electron chi connectivity index (χ0n) is 18.4. The van der Waals surface area contributed by atoms with Crippen molar-refractivity contribution < 1.29 is 4.74 Å². The predicted molar refractivity (Wildman–Crippen MR) is 136 cm³/mol. The van der Waals surface area contributed by atoms with E-state index in [4.69, 9.17) is 4.74 Å². The van der Waals surface area contributed by atoms with Gasteiger partial charge in [0.25, 0.3) is 0 Å². The van der Waals surface area contributed by atoms with Gasteiger partial charge in [-0.3, -0.25) is 4.68 Å². The molecule has 0 spiro atoms. The number of halogens is 3. The molecule has 3 aromatic rings. The first kappa shape index (κ1) is 28.4. The van der Waals surface area contributed by atoms with E-state index < -0.39 is 8.07 Å². The largest absolute Gasteiger partial charge is 0.361 e. The van der Waals surface area contributed by atoms with Crippen molar-refractivity contribution >= 4 is 56.3 Å². The normalized spacial score (nSPS) is 14.4. The van der Waals surface area contributed by atoms with Gasteiger partial charge in [0, 0.05) is 51.1 Å². The van der Waals surface area contributed by atoms with E-state index in [1.807, 2.05) is 33.9 Å². The lowest BCUT2D eigenvalue weighted by molar-refractivity contribution is 0.0899. The predicted octanol–water partition coefficient (Wildman–Crippen LogP) is 4.08. The van der Waals surface area contributed by atoms with Gasteiger partial charge in [0.05, 0.1) is 24.4 Å². The van der Waals surface area contributed by atoms with Crippen LogP contribution in [0, 0.1) is 11.3 Å². The van der Waals surface area contributed by atoms with Crippen LogP contribution in [0.2, 0.25) is 25.7 Å². The lowest BCUT2D eigenvalue weighted by atomic mass is 9.89. The van der Waals surface area contributed by atoms with E-state index >= 15 is 0 Å². The molecule has 32 heavy (non-hydrogen) atoms. The van der Waals surface area contributed by atoms with E-state index in [1.165, 1.54) is 0 Å². The number of ether oxygens (including phenoxy) is 1.